The molecule has 9 nitrogen and oxygen atoms in total. The molecule has 0 saturated carbocycles. The van der Waals surface area contributed by atoms with Crippen molar-refractivity contribution in [1.29, 1.82) is 0 Å². The summed E-state index contributed by atoms with van der Waals surface area (Å²) in [5.41, 5.74) is -0.0918. The minimum atomic E-state index is -0.676. The monoisotopic (exact) mass is 417 g/mol. The predicted octanol–water partition coefficient (Wildman–Crippen LogP) is 2.93. The van der Waals surface area contributed by atoms with E-state index in [0.717, 1.165) is 6.21 Å². The zero-order valence-corrected chi connectivity index (χ0v) is 16.6. The summed E-state index contributed by atoms with van der Waals surface area (Å²) in [4.78, 5) is 31.3. The third-order valence-corrected chi connectivity index (χ3v) is 4.40. The molecule has 0 saturated heterocycles. The van der Waals surface area contributed by atoms with Crippen molar-refractivity contribution in [3.63, 3.8) is 0 Å². The quantitative estimate of drug-likeness (QED) is 0.345. The predicted molar refractivity (Wildman–Crippen MR) is 109 cm³/mol. The molecule has 0 aliphatic heterocycles. The van der Waals surface area contributed by atoms with E-state index in [9.17, 15) is 14.7 Å². The summed E-state index contributed by atoms with van der Waals surface area (Å²) in [6.07, 6.45) is 1.16. The van der Waals surface area contributed by atoms with Crippen molar-refractivity contribution < 1.29 is 23.8 Å². The van der Waals surface area contributed by atoms with E-state index in [0.29, 0.717) is 11.0 Å². The zero-order chi connectivity index (χ0) is 21.0. The number of benzene rings is 1. The van der Waals surface area contributed by atoms with Crippen LogP contribution in [0, 0.1) is 4.77 Å². The standard InChI is InChI=1S/C19H19N3O6S/c1-3-27-18(25)15-14(11-6-4-5-7-13(11)28-15)20-10-12-16(23)21-19(29)22(17(12)24)8-9-26-2/h4-7,10,24H,3,8-9H2,1-2H3,(H,21,23,29). The van der Waals surface area contributed by atoms with Gasteiger partial charge in [0.15, 0.2) is 4.77 Å². The van der Waals surface area contributed by atoms with Gasteiger partial charge in [0, 0.05) is 18.7 Å². The molecule has 3 rings (SSSR count). The number of nitrogens with zero attached hydrogens (tertiary/aromatic N) is 2. The number of carbonyl (C=O) groups excluding carboxylic acids is 1. The molecule has 0 aliphatic rings. The zero-order valence-electron chi connectivity index (χ0n) is 15.8. The van der Waals surface area contributed by atoms with Gasteiger partial charge >= 0.3 is 5.97 Å². The summed E-state index contributed by atoms with van der Waals surface area (Å²) in [6, 6.07) is 6.93. The lowest BCUT2D eigenvalue weighted by molar-refractivity contribution is 0.0494. The first kappa shape index (κ1) is 20.5. The number of nitrogens with one attached hydrogen (secondary N) is 1. The minimum absolute atomic E-state index is 0.0580. The van der Waals surface area contributed by atoms with Gasteiger partial charge < -0.3 is 19.0 Å². The Labute approximate surface area is 170 Å². The summed E-state index contributed by atoms with van der Waals surface area (Å²) < 4.78 is 17.0. The molecule has 2 heterocycles. The number of furan rings is 1. The number of aromatic amines is 1. The van der Waals surface area contributed by atoms with Gasteiger partial charge in [-0.15, -0.1) is 0 Å². The van der Waals surface area contributed by atoms with E-state index in [1.54, 1.807) is 31.2 Å². The second-order valence-electron chi connectivity index (χ2n) is 5.90. The number of carbonyl (C=O) groups is 1. The fraction of sp³-hybridized carbons (Fsp3) is 0.263. The number of ether oxygens (including phenoxy) is 2. The maximum atomic E-state index is 12.3. The number of hydrogen-bond acceptors (Lipinski definition) is 8. The van der Waals surface area contributed by atoms with Gasteiger partial charge in [0.1, 0.15) is 16.8 Å². The number of esters is 1. The third kappa shape index (κ3) is 4.13. The van der Waals surface area contributed by atoms with Crippen molar-refractivity contribution in [1.82, 2.24) is 9.55 Å². The highest BCUT2D eigenvalue weighted by molar-refractivity contribution is 7.71. The number of hydrogen-bond donors (Lipinski definition) is 2. The molecule has 0 amide bonds. The lowest BCUT2D eigenvalue weighted by Gasteiger charge is -2.10. The Morgan fingerprint density at radius 1 is 1.41 bits per heavy atom. The molecule has 2 aromatic heterocycles. The van der Waals surface area contributed by atoms with Gasteiger partial charge in [0.05, 0.1) is 19.8 Å². The molecule has 1 aromatic carbocycles. The number of H-pyrrole nitrogens is 1. The average molecular weight is 417 g/mol. The Hall–Kier alpha value is -3.24. The van der Waals surface area contributed by atoms with Gasteiger partial charge in [-0.05, 0) is 31.3 Å². The molecule has 0 bridgehead atoms. The maximum Gasteiger partial charge on any atom is 0.376 e. The summed E-state index contributed by atoms with van der Waals surface area (Å²) in [6.45, 7) is 2.36. The van der Waals surface area contributed by atoms with Crippen LogP contribution in [0.5, 0.6) is 5.88 Å². The number of methoxy groups -OCH3 is 1. The number of para-hydroxylation sites is 1. The van der Waals surface area contributed by atoms with Gasteiger partial charge in [-0.3, -0.25) is 19.3 Å². The molecule has 0 fully saturated rings. The summed E-state index contributed by atoms with van der Waals surface area (Å²) in [5.74, 6) is -1.12. The maximum absolute atomic E-state index is 12.3. The van der Waals surface area contributed by atoms with E-state index in [-0.39, 0.29) is 47.4 Å². The van der Waals surface area contributed by atoms with E-state index in [2.05, 4.69) is 9.98 Å². The van der Waals surface area contributed by atoms with Crippen LogP contribution in [0.1, 0.15) is 23.0 Å². The highest BCUT2D eigenvalue weighted by Gasteiger charge is 2.21. The van der Waals surface area contributed by atoms with Crippen LogP contribution in [0.3, 0.4) is 0 Å². The van der Waals surface area contributed by atoms with Crippen LogP contribution >= 0.6 is 12.2 Å². The second kappa shape index (κ2) is 8.84. The van der Waals surface area contributed by atoms with Crippen LogP contribution in [0.25, 0.3) is 11.0 Å². The number of fused-ring (bicyclic) bond motifs is 1. The Morgan fingerprint density at radius 3 is 2.90 bits per heavy atom. The lowest BCUT2D eigenvalue weighted by atomic mass is 10.2. The molecule has 3 aromatic rings. The number of rotatable bonds is 7. The molecule has 29 heavy (non-hydrogen) atoms. The topological polar surface area (TPSA) is 119 Å². The van der Waals surface area contributed by atoms with Crippen LogP contribution in [0.2, 0.25) is 0 Å². The Morgan fingerprint density at radius 2 is 2.17 bits per heavy atom. The first-order chi connectivity index (χ1) is 14.0. The van der Waals surface area contributed by atoms with Crippen molar-refractivity contribution in [3.05, 3.63) is 50.7 Å². The first-order valence-corrected chi connectivity index (χ1v) is 9.16. The normalized spacial score (nSPS) is 11.4. The van der Waals surface area contributed by atoms with Crippen molar-refractivity contribution in [2.75, 3.05) is 20.3 Å². The van der Waals surface area contributed by atoms with Gasteiger partial charge in [0.2, 0.25) is 11.6 Å². The van der Waals surface area contributed by atoms with E-state index in [1.807, 2.05) is 0 Å². The van der Waals surface area contributed by atoms with Crippen molar-refractivity contribution in [2.24, 2.45) is 4.99 Å². The summed E-state index contributed by atoms with van der Waals surface area (Å²) >= 11 is 5.08. The molecule has 0 radical (unpaired) electrons. The van der Waals surface area contributed by atoms with Crippen LogP contribution in [0.4, 0.5) is 5.69 Å². The third-order valence-electron chi connectivity index (χ3n) is 4.08. The van der Waals surface area contributed by atoms with Crippen LogP contribution in [-0.4, -0.2) is 47.2 Å². The molecule has 10 heteroatoms. The molecule has 2 N–H and O–H groups in total. The molecule has 0 spiro atoms. The Balaban J connectivity index is 2.12. The molecule has 0 unspecified atom stereocenters. The lowest BCUT2D eigenvalue weighted by Crippen LogP contribution is -2.20. The van der Waals surface area contributed by atoms with Crippen LogP contribution in [0.15, 0.2) is 38.5 Å². The molecular weight excluding hydrogens is 398 g/mol. The van der Waals surface area contributed by atoms with E-state index >= 15 is 0 Å². The Kier molecular flexibility index (Phi) is 6.25. The highest BCUT2D eigenvalue weighted by Crippen LogP contribution is 2.33. The van der Waals surface area contributed by atoms with Crippen LogP contribution < -0.4 is 5.56 Å². The van der Waals surface area contributed by atoms with Gasteiger partial charge in [-0.2, -0.15) is 0 Å². The molecule has 152 valence electrons. The van der Waals surface area contributed by atoms with Crippen molar-refractivity contribution in [3.8, 4) is 5.88 Å². The highest BCUT2D eigenvalue weighted by atomic mass is 32.1. The molecule has 0 atom stereocenters. The first-order valence-electron chi connectivity index (χ1n) is 8.75. The largest absolute Gasteiger partial charge is 0.494 e. The number of aromatic nitrogens is 2. The van der Waals surface area contributed by atoms with Gasteiger partial charge in [0.25, 0.3) is 5.56 Å². The number of aromatic hydroxyl groups is 1. The van der Waals surface area contributed by atoms with Gasteiger partial charge in [-0.1, -0.05) is 12.1 Å². The molecular formula is C19H19N3O6S. The SMILES string of the molecule is CCOC(=O)c1oc2ccccc2c1N=Cc1c(O)n(CCOC)c(=S)[nH]c1=O. The van der Waals surface area contributed by atoms with Crippen molar-refractivity contribution >= 4 is 41.1 Å². The van der Waals surface area contributed by atoms with Crippen LogP contribution in [-0.2, 0) is 16.0 Å². The number of aliphatic imine (C=N–C) groups is 1. The van der Waals surface area contributed by atoms with E-state index in [1.165, 1.54) is 11.7 Å². The smallest absolute Gasteiger partial charge is 0.376 e. The fourth-order valence-corrected chi connectivity index (χ4v) is 2.98. The second-order valence-corrected chi connectivity index (χ2v) is 6.28. The van der Waals surface area contributed by atoms with E-state index in [4.69, 9.17) is 26.1 Å². The van der Waals surface area contributed by atoms with Gasteiger partial charge in [-0.25, -0.2) is 4.79 Å². The minimum Gasteiger partial charge on any atom is -0.494 e. The summed E-state index contributed by atoms with van der Waals surface area (Å²) in [5, 5.41) is 11.1. The Bertz CT molecular complexity index is 1190. The van der Waals surface area contributed by atoms with Crippen molar-refractivity contribution in [2.45, 2.75) is 13.5 Å². The average Bonchev–Trinajstić information content (AvgIpc) is 3.06. The van der Waals surface area contributed by atoms with E-state index < -0.39 is 11.5 Å². The molecule has 0 aliphatic carbocycles. The fourth-order valence-electron chi connectivity index (χ4n) is 2.71. The summed E-state index contributed by atoms with van der Waals surface area (Å²) in [7, 11) is 1.51.